The lowest BCUT2D eigenvalue weighted by Gasteiger charge is -2.29. The maximum absolute atomic E-state index is 9.81. The number of hydrogen-bond donors (Lipinski definition) is 2. The van der Waals surface area contributed by atoms with E-state index in [0.717, 1.165) is 31.9 Å². The lowest BCUT2D eigenvalue weighted by molar-refractivity contribution is 0.122. The first-order chi connectivity index (χ1) is 8.31. The van der Waals surface area contributed by atoms with E-state index in [-0.39, 0.29) is 0 Å². The van der Waals surface area contributed by atoms with Crippen molar-refractivity contribution in [3.63, 3.8) is 0 Å². The highest BCUT2D eigenvalue weighted by Crippen LogP contribution is 2.21. The quantitative estimate of drug-likeness (QED) is 0.815. The molecule has 17 heavy (non-hydrogen) atoms. The molecule has 0 aliphatic carbocycles. The summed E-state index contributed by atoms with van der Waals surface area (Å²) in [4.78, 5) is 2.29. The third kappa shape index (κ3) is 3.19. The molecule has 94 valence electrons. The molecule has 0 amide bonds. The van der Waals surface area contributed by atoms with Crippen molar-refractivity contribution in [3.8, 4) is 0 Å². The van der Waals surface area contributed by atoms with E-state index in [1.54, 1.807) is 0 Å². The smallest absolute Gasteiger partial charge is 0.0802 e. The molecule has 0 spiro atoms. The van der Waals surface area contributed by atoms with Gasteiger partial charge in [0.1, 0.15) is 0 Å². The standard InChI is InChI=1S/C13H20N2O2/c14-6-5-13(16)11-1-3-12(4-2-11)15-7-9-17-10-8-15/h1-4,13,16H,5-10,14H2. The predicted molar refractivity (Wildman–Crippen MR) is 68.1 cm³/mol. The molecule has 0 bridgehead atoms. The van der Waals surface area contributed by atoms with Crippen LogP contribution in [-0.4, -0.2) is 38.0 Å². The van der Waals surface area contributed by atoms with Crippen molar-refractivity contribution in [2.45, 2.75) is 12.5 Å². The predicted octanol–water partition coefficient (Wildman–Crippen LogP) is 0.905. The van der Waals surface area contributed by atoms with Crippen LogP contribution >= 0.6 is 0 Å². The maximum atomic E-state index is 9.81. The summed E-state index contributed by atoms with van der Waals surface area (Å²) < 4.78 is 5.32. The molecule has 1 fully saturated rings. The Hall–Kier alpha value is -1.10. The molecule has 3 N–H and O–H groups in total. The van der Waals surface area contributed by atoms with Crippen molar-refractivity contribution in [2.24, 2.45) is 5.73 Å². The van der Waals surface area contributed by atoms with Gasteiger partial charge in [-0.15, -0.1) is 0 Å². The fraction of sp³-hybridized carbons (Fsp3) is 0.538. The van der Waals surface area contributed by atoms with E-state index in [1.807, 2.05) is 12.1 Å². The Labute approximate surface area is 102 Å². The van der Waals surface area contributed by atoms with E-state index in [4.69, 9.17) is 10.5 Å². The molecule has 1 aromatic rings. The minimum absolute atomic E-state index is 0.446. The molecule has 0 radical (unpaired) electrons. The van der Waals surface area contributed by atoms with E-state index in [0.29, 0.717) is 13.0 Å². The Morgan fingerprint density at radius 1 is 1.24 bits per heavy atom. The van der Waals surface area contributed by atoms with Crippen molar-refractivity contribution in [1.29, 1.82) is 0 Å². The first-order valence-electron chi connectivity index (χ1n) is 6.12. The van der Waals surface area contributed by atoms with Crippen molar-refractivity contribution >= 4 is 5.69 Å². The summed E-state index contributed by atoms with van der Waals surface area (Å²) in [6.07, 6.45) is 0.162. The van der Waals surface area contributed by atoms with Crippen LogP contribution in [0, 0.1) is 0 Å². The highest BCUT2D eigenvalue weighted by atomic mass is 16.5. The normalized spacial score (nSPS) is 18.1. The topological polar surface area (TPSA) is 58.7 Å². The molecular formula is C13H20N2O2. The Morgan fingerprint density at radius 3 is 2.47 bits per heavy atom. The van der Waals surface area contributed by atoms with Crippen LogP contribution in [0.4, 0.5) is 5.69 Å². The van der Waals surface area contributed by atoms with Gasteiger partial charge in [0.2, 0.25) is 0 Å². The van der Waals surface area contributed by atoms with Gasteiger partial charge in [0.25, 0.3) is 0 Å². The van der Waals surface area contributed by atoms with Crippen molar-refractivity contribution < 1.29 is 9.84 Å². The molecule has 1 saturated heterocycles. The summed E-state index contributed by atoms with van der Waals surface area (Å²) in [5, 5.41) is 9.81. The first-order valence-corrected chi connectivity index (χ1v) is 6.12. The van der Waals surface area contributed by atoms with Gasteiger partial charge in [-0.25, -0.2) is 0 Å². The van der Waals surface area contributed by atoms with Crippen LogP contribution in [0.15, 0.2) is 24.3 Å². The number of benzene rings is 1. The molecule has 4 heteroatoms. The fourth-order valence-electron chi connectivity index (χ4n) is 2.05. The first kappa shape index (κ1) is 12.4. The van der Waals surface area contributed by atoms with E-state index in [1.165, 1.54) is 5.69 Å². The van der Waals surface area contributed by atoms with Crippen LogP contribution in [0.1, 0.15) is 18.1 Å². The van der Waals surface area contributed by atoms with Gasteiger partial charge < -0.3 is 20.5 Å². The Kier molecular flexibility index (Phi) is 4.36. The summed E-state index contributed by atoms with van der Waals surface area (Å²) in [7, 11) is 0. The van der Waals surface area contributed by atoms with Gasteiger partial charge in [-0.3, -0.25) is 0 Å². The maximum Gasteiger partial charge on any atom is 0.0802 e. The summed E-state index contributed by atoms with van der Waals surface area (Å²) in [5.74, 6) is 0. The Bertz CT molecular complexity index is 334. The highest BCUT2D eigenvalue weighted by molar-refractivity contribution is 5.48. The molecule has 2 rings (SSSR count). The molecule has 1 atom stereocenters. The average molecular weight is 236 g/mol. The zero-order valence-corrected chi connectivity index (χ0v) is 10.0. The van der Waals surface area contributed by atoms with Gasteiger partial charge in [0, 0.05) is 18.8 Å². The number of aliphatic hydroxyl groups excluding tert-OH is 1. The van der Waals surface area contributed by atoms with Gasteiger partial charge in [-0.1, -0.05) is 12.1 Å². The number of aliphatic hydroxyl groups is 1. The Balaban J connectivity index is 2.01. The average Bonchev–Trinajstić information content (AvgIpc) is 2.40. The zero-order valence-electron chi connectivity index (χ0n) is 10.0. The minimum atomic E-state index is -0.446. The number of morpholine rings is 1. The third-order valence-corrected chi connectivity index (χ3v) is 3.09. The third-order valence-electron chi connectivity index (χ3n) is 3.09. The summed E-state index contributed by atoms with van der Waals surface area (Å²) in [6, 6.07) is 8.07. The van der Waals surface area contributed by atoms with Gasteiger partial charge in [0.05, 0.1) is 19.3 Å². The minimum Gasteiger partial charge on any atom is -0.388 e. The SMILES string of the molecule is NCCC(O)c1ccc(N2CCOCC2)cc1. The highest BCUT2D eigenvalue weighted by Gasteiger charge is 2.12. The number of nitrogens with two attached hydrogens (primary N) is 1. The molecule has 1 aromatic carbocycles. The van der Waals surface area contributed by atoms with E-state index in [2.05, 4.69) is 17.0 Å². The summed E-state index contributed by atoms with van der Waals surface area (Å²) in [6.45, 7) is 3.96. The fourth-order valence-corrected chi connectivity index (χ4v) is 2.05. The van der Waals surface area contributed by atoms with Crippen molar-refractivity contribution in [3.05, 3.63) is 29.8 Å². The summed E-state index contributed by atoms with van der Waals surface area (Å²) in [5.41, 5.74) is 7.56. The van der Waals surface area contributed by atoms with Crippen LogP contribution in [0.3, 0.4) is 0 Å². The van der Waals surface area contributed by atoms with Gasteiger partial charge >= 0.3 is 0 Å². The van der Waals surface area contributed by atoms with Gasteiger partial charge in [0.15, 0.2) is 0 Å². The lowest BCUT2D eigenvalue weighted by atomic mass is 10.1. The number of nitrogens with zero attached hydrogens (tertiary/aromatic N) is 1. The van der Waals surface area contributed by atoms with Crippen molar-refractivity contribution in [1.82, 2.24) is 0 Å². The van der Waals surface area contributed by atoms with Crippen LogP contribution in [0.5, 0.6) is 0 Å². The van der Waals surface area contributed by atoms with E-state index < -0.39 is 6.10 Å². The number of ether oxygens (including phenoxy) is 1. The lowest BCUT2D eigenvalue weighted by Crippen LogP contribution is -2.36. The van der Waals surface area contributed by atoms with Crippen LogP contribution in [0.2, 0.25) is 0 Å². The molecular weight excluding hydrogens is 216 g/mol. The monoisotopic (exact) mass is 236 g/mol. The molecule has 0 saturated carbocycles. The molecule has 1 heterocycles. The number of hydrogen-bond acceptors (Lipinski definition) is 4. The van der Waals surface area contributed by atoms with Crippen LogP contribution < -0.4 is 10.6 Å². The second kappa shape index (κ2) is 6.00. The zero-order chi connectivity index (χ0) is 12.1. The molecule has 0 aromatic heterocycles. The Morgan fingerprint density at radius 2 is 1.88 bits per heavy atom. The van der Waals surface area contributed by atoms with Gasteiger partial charge in [-0.2, -0.15) is 0 Å². The van der Waals surface area contributed by atoms with Gasteiger partial charge in [-0.05, 0) is 30.7 Å². The molecule has 4 nitrogen and oxygen atoms in total. The molecule has 1 aliphatic heterocycles. The van der Waals surface area contributed by atoms with Crippen LogP contribution in [-0.2, 0) is 4.74 Å². The second-order valence-corrected chi connectivity index (χ2v) is 4.28. The van der Waals surface area contributed by atoms with Crippen LogP contribution in [0.25, 0.3) is 0 Å². The number of anilines is 1. The second-order valence-electron chi connectivity index (χ2n) is 4.28. The largest absolute Gasteiger partial charge is 0.388 e. The van der Waals surface area contributed by atoms with E-state index >= 15 is 0 Å². The van der Waals surface area contributed by atoms with Crippen molar-refractivity contribution in [2.75, 3.05) is 37.7 Å². The number of rotatable bonds is 4. The molecule has 1 unspecified atom stereocenters. The summed E-state index contributed by atoms with van der Waals surface area (Å²) >= 11 is 0. The molecule has 1 aliphatic rings. The van der Waals surface area contributed by atoms with E-state index in [9.17, 15) is 5.11 Å².